The standard InChI is InChI=1S/C12H8O2S.2Li/c13-15(14,11-7-3-1-4-8-11)12-9-5-2-6-10-12;;/h1-7,9H;;/q-2;2*+1. The average molecular weight is 230 g/mol. The zero-order chi connectivity index (χ0) is 10.7. The molecule has 0 aliphatic carbocycles. The molecule has 0 saturated heterocycles. The quantitative estimate of drug-likeness (QED) is 0.391. The minimum absolute atomic E-state index is 0. The van der Waals surface area contributed by atoms with Crippen LogP contribution in [0.5, 0.6) is 0 Å². The number of sulfone groups is 1. The predicted octanol–water partition coefficient (Wildman–Crippen LogP) is -3.87. The van der Waals surface area contributed by atoms with E-state index in [1.54, 1.807) is 36.4 Å². The Kier molecular flexibility index (Phi) is 6.94. The molecule has 0 saturated carbocycles. The molecular formula is C12H8Li2O2S. The Balaban J connectivity index is 0.00000128. The number of rotatable bonds is 2. The van der Waals surface area contributed by atoms with Gasteiger partial charge in [-0.05, 0) is 9.79 Å². The Morgan fingerprint density at radius 3 is 1.47 bits per heavy atom. The fourth-order valence-corrected chi connectivity index (χ4v) is 2.41. The molecule has 0 amide bonds. The Morgan fingerprint density at radius 1 is 0.765 bits per heavy atom. The molecule has 0 fully saturated rings. The minimum atomic E-state index is -3.45. The van der Waals surface area contributed by atoms with Crippen molar-refractivity contribution in [2.24, 2.45) is 0 Å². The second-order valence-electron chi connectivity index (χ2n) is 2.96. The van der Waals surface area contributed by atoms with Crippen LogP contribution in [0.25, 0.3) is 0 Å². The van der Waals surface area contributed by atoms with Gasteiger partial charge in [0.15, 0.2) is 9.84 Å². The first kappa shape index (κ1) is 16.6. The summed E-state index contributed by atoms with van der Waals surface area (Å²) in [6.45, 7) is 0. The fourth-order valence-electron chi connectivity index (χ4n) is 1.21. The van der Waals surface area contributed by atoms with Crippen molar-refractivity contribution in [2.45, 2.75) is 9.79 Å². The first-order valence-electron chi connectivity index (χ1n) is 4.40. The summed E-state index contributed by atoms with van der Waals surface area (Å²) in [5.74, 6) is 0. The van der Waals surface area contributed by atoms with E-state index in [1.165, 1.54) is 12.1 Å². The largest absolute Gasteiger partial charge is 1.00 e. The van der Waals surface area contributed by atoms with Crippen molar-refractivity contribution >= 4 is 9.84 Å². The molecule has 0 N–H and O–H groups in total. The molecule has 2 aromatic rings. The smallest absolute Gasteiger partial charge is 0.223 e. The first-order valence-corrected chi connectivity index (χ1v) is 5.88. The maximum absolute atomic E-state index is 12.0. The second kappa shape index (κ2) is 7.12. The maximum Gasteiger partial charge on any atom is 1.00 e. The Bertz CT molecular complexity index is 494. The van der Waals surface area contributed by atoms with Crippen LogP contribution in [-0.2, 0) is 9.84 Å². The van der Waals surface area contributed by atoms with Gasteiger partial charge in [-0.25, -0.2) is 8.42 Å². The predicted molar refractivity (Wildman–Crippen MR) is 56.0 cm³/mol. The topological polar surface area (TPSA) is 34.1 Å². The van der Waals surface area contributed by atoms with Gasteiger partial charge in [0.25, 0.3) is 0 Å². The summed E-state index contributed by atoms with van der Waals surface area (Å²) in [5.41, 5.74) is 0. The van der Waals surface area contributed by atoms with Crippen LogP contribution in [0.4, 0.5) is 0 Å². The monoisotopic (exact) mass is 230 g/mol. The molecule has 5 heteroatoms. The van der Waals surface area contributed by atoms with Gasteiger partial charge in [-0.3, -0.25) is 0 Å². The summed E-state index contributed by atoms with van der Waals surface area (Å²) in [5, 5.41) is 0. The molecule has 2 aromatic carbocycles. The summed E-state index contributed by atoms with van der Waals surface area (Å²) < 4.78 is 23.9. The molecule has 0 heterocycles. The van der Waals surface area contributed by atoms with Crippen molar-refractivity contribution in [3.63, 3.8) is 0 Å². The Morgan fingerprint density at radius 2 is 1.18 bits per heavy atom. The SMILES string of the molecule is O=S(=O)(c1[c-]cccc1)c1[c-]cccc1.[Li+].[Li+]. The number of hydrogen-bond donors (Lipinski definition) is 0. The van der Waals surface area contributed by atoms with E-state index in [0.717, 1.165) is 0 Å². The van der Waals surface area contributed by atoms with Crippen molar-refractivity contribution in [1.29, 1.82) is 0 Å². The minimum Gasteiger partial charge on any atom is -0.223 e. The molecule has 0 aliphatic heterocycles. The first-order chi connectivity index (χ1) is 7.21. The third-order valence-corrected chi connectivity index (χ3v) is 3.61. The summed E-state index contributed by atoms with van der Waals surface area (Å²) in [6, 6.07) is 18.4. The molecule has 2 nitrogen and oxygen atoms in total. The molecule has 0 bridgehead atoms. The van der Waals surface area contributed by atoms with Gasteiger partial charge in [0, 0.05) is 0 Å². The van der Waals surface area contributed by atoms with Crippen molar-refractivity contribution in [2.75, 3.05) is 0 Å². The third-order valence-electron chi connectivity index (χ3n) is 1.94. The molecule has 0 unspecified atom stereocenters. The van der Waals surface area contributed by atoms with Crippen LogP contribution in [-0.4, -0.2) is 8.42 Å². The van der Waals surface area contributed by atoms with Crippen molar-refractivity contribution < 1.29 is 46.1 Å². The molecule has 17 heavy (non-hydrogen) atoms. The molecule has 0 atom stereocenters. The zero-order valence-corrected chi connectivity index (χ0v) is 10.7. The molecule has 0 aromatic heterocycles. The van der Waals surface area contributed by atoms with Crippen molar-refractivity contribution in [3.05, 3.63) is 60.7 Å². The molecule has 0 radical (unpaired) electrons. The van der Waals surface area contributed by atoms with E-state index in [9.17, 15) is 8.42 Å². The second-order valence-corrected chi connectivity index (χ2v) is 4.84. The van der Waals surface area contributed by atoms with Gasteiger partial charge < -0.3 is 0 Å². The van der Waals surface area contributed by atoms with Gasteiger partial charge in [0.1, 0.15) is 0 Å². The van der Waals surface area contributed by atoms with Gasteiger partial charge in [0.05, 0.1) is 0 Å². The van der Waals surface area contributed by atoms with Crippen LogP contribution in [0.2, 0.25) is 0 Å². The summed E-state index contributed by atoms with van der Waals surface area (Å²) in [6.07, 6.45) is 0. The van der Waals surface area contributed by atoms with Crippen LogP contribution >= 0.6 is 0 Å². The number of hydrogen-bond acceptors (Lipinski definition) is 2. The van der Waals surface area contributed by atoms with Gasteiger partial charge in [0.2, 0.25) is 0 Å². The van der Waals surface area contributed by atoms with Crippen LogP contribution in [0.3, 0.4) is 0 Å². The summed E-state index contributed by atoms with van der Waals surface area (Å²) in [4.78, 5) is 0.347. The van der Waals surface area contributed by atoms with E-state index >= 15 is 0 Å². The molecular weight excluding hydrogens is 222 g/mol. The van der Waals surface area contributed by atoms with Gasteiger partial charge in [-0.15, -0.1) is 0 Å². The third kappa shape index (κ3) is 3.78. The molecule has 2 rings (SSSR count). The fraction of sp³-hybridized carbons (Fsp3) is 0. The molecule has 0 spiro atoms. The molecule has 0 aliphatic rings. The molecule has 76 valence electrons. The van der Waals surface area contributed by atoms with E-state index in [0.29, 0.717) is 0 Å². The van der Waals surface area contributed by atoms with Gasteiger partial charge in [-0.1, -0.05) is 0 Å². The van der Waals surface area contributed by atoms with Gasteiger partial charge in [-0.2, -0.15) is 60.7 Å². The van der Waals surface area contributed by atoms with E-state index < -0.39 is 9.84 Å². The van der Waals surface area contributed by atoms with Crippen LogP contribution < -0.4 is 37.7 Å². The Hall–Kier alpha value is -0.415. The van der Waals surface area contributed by atoms with Crippen LogP contribution in [0.1, 0.15) is 0 Å². The van der Waals surface area contributed by atoms with Gasteiger partial charge >= 0.3 is 37.7 Å². The average Bonchev–Trinajstić information content (AvgIpc) is 2.31. The Labute approximate surface area is 126 Å². The van der Waals surface area contributed by atoms with Crippen LogP contribution in [0.15, 0.2) is 58.3 Å². The van der Waals surface area contributed by atoms with E-state index in [2.05, 4.69) is 12.1 Å². The van der Waals surface area contributed by atoms with E-state index in [1.807, 2.05) is 0 Å². The van der Waals surface area contributed by atoms with Crippen molar-refractivity contribution in [3.8, 4) is 0 Å². The van der Waals surface area contributed by atoms with E-state index in [4.69, 9.17) is 0 Å². The van der Waals surface area contributed by atoms with Crippen LogP contribution in [0, 0.1) is 12.1 Å². The summed E-state index contributed by atoms with van der Waals surface area (Å²) >= 11 is 0. The summed E-state index contributed by atoms with van der Waals surface area (Å²) in [7, 11) is -3.45. The number of benzene rings is 2. The zero-order valence-electron chi connectivity index (χ0n) is 9.84. The van der Waals surface area contributed by atoms with E-state index in [-0.39, 0.29) is 47.5 Å². The normalized spacial score (nSPS) is 9.88. The maximum atomic E-state index is 12.0. The van der Waals surface area contributed by atoms with Crippen molar-refractivity contribution in [1.82, 2.24) is 0 Å².